The van der Waals surface area contributed by atoms with E-state index < -0.39 is 15.9 Å². The van der Waals surface area contributed by atoms with Gasteiger partial charge in [0.25, 0.3) is 0 Å². The van der Waals surface area contributed by atoms with Gasteiger partial charge in [-0.15, -0.1) is 10.2 Å². The van der Waals surface area contributed by atoms with Crippen LogP contribution >= 0.6 is 34.7 Å². The van der Waals surface area contributed by atoms with Gasteiger partial charge < -0.3 is 5.32 Å². The first-order valence-electron chi connectivity index (χ1n) is 9.37. The summed E-state index contributed by atoms with van der Waals surface area (Å²) in [5, 5.41) is 11.9. The van der Waals surface area contributed by atoms with Gasteiger partial charge in [-0.2, -0.15) is 0 Å². The molecule has 1 fully saturated rings. The van der Waals surface area contributed by atoms with Gasteiger partial charge in [0.05, 0.1) is 11.7 Å². The molecule has 1 unspecified atom stereocenters. The molecule has 2 heterocycles. The molecule has 11 heteroatoms. The van der Waals surface area contributed by atoms with E-state index in [1.54, 1.807) is 36.0 Å². The zero-order valence-corrected chi connectivity index (χ0v) is 19.2. The summed E-state index contributed by atoms with van der Waals surface area (Å²) in [4.78, 5) is 12.6. The van der Waals surface area contributed by atoms with Gasteiger partial charge in [0.15, 0.2) is 4.34 Å². The van der Waals surface area contributed by atoms with Gasteiger partial charge in [0, 0.05) is 23.9 Å². The Morgan fingerprint density at radius 1 is 1.34 bits per heavy atom. The minimum absolute atomic E-state index is 0.104. The summed E-state index contributed by atoms with van der Waals surface area (Å²) >= 11 is 8.81. The van der Waals surface area contributed by atoms with E-state index in [2.05, 4.69) is 22.4 Å². The highest BCUT2D eigenvalue weighted by molar-refractivity contribution is 8.01. The predicted molar refractivity (Wildman–Crippen MR) is 118 cm³/mol. The van der Waals surface area contributed by atoms with Crippen LogP contribution in [0.5, 0.6) is 0 Å². The maximum absolute atomic E-state index is 12.8. The van der Waals surface area contributed by atoms with Crippen molar-refractivity contribution in [1.29, 1.82) is 0 Å². The SMILES string of the molecule is CCCSc1nnc(NC(=O)C2CCCN(S(=O)(=O)Cc3ccc(Cl)cc3)C2)s1. The number of halogens is 1. The first kappa shape index (κ1) is 22.5. The van der Waals surface area contributed by atoms with Crippen molar-refractivity contribution in [3.8, 4) is 0 Å². The van der Waals surface area contributed by atoms with Gasteiger partial charge >= 0.3 is 0 Å². The molecule has 0 aliphatic carbocycles. The zero-order valence-electron chi connectivity index (χ0n) is 16.0. The van der Waals surface area contributed by atoms with Gasteiger partial charge in [-0.25, -0.2) is 12.7 Å². The van der Waals surface area contributed by atoms with E-state index in [0.717, 1.165) is 16.5 Å². The average molecular weight is 475 g/mol. The number of thioether (sulfide) groups is 1. The van der Waals surface area contributed by atoms with Crippen LogP contribution in [0.25, 0.3) is 0 Å². The van der Waals surface area contributed by atoms with Crippen molar-refractivity contribution in [3.63, 3.8) is 0 Å². The number of sulfonamides is 1. The van der Waals surface area contributed by atoms with Crippen molar-refractivity contribution in [2.45, 2.75) is 36.3 Å². The number of amides is 1. The maximum atomic E-state index is 12.8. The number of nitrogens with zero attached hydrogens (tertiary/aromatic N) is 3. The Balaban J connectivity index is 1.59. The molecule has 29 heavy (non-hydrogen) atoms. The minimum Gasteiger partial charge on any atom is -0.300 e. The lowest BCUT2D eigenvalue weighted by Gasteiger charge is -2.31. The molecule has 158 valence electrons. The van der Waals surface area contributed by atoms with Crippen molar-refractivity contribution >= 4 is 55.8 Å². The Morgan fingerprint density at radius 2 is 2.10 bits per heavy atom. The van der Waals surface area contributed by atoms with Crippen LogP contribution in [0.15, 0.2) is 28.6 Å². The lowest BCUT2D eigenvalue weighted by atomic mass is 9.99. The van der Waals surface area contributed by atoms with Gasteiger partial charge in [0.1, 0.15) is 0 Å². The number of piperidine rings is 1. The molecule has 1 aromatic heterocycles. The molecule has 1 amide bonds. The third-order valence-corrected chi connectivity index (χ3v) is 8.72. The van der Waals surface area contributed by atoms with Crippen molar-refractivity contribution < 1.29 is 13.2 Å². The van der Waals surface area contributed by atoms with Crippen LogP contribution < -0.4 is 5.32 Å². The molecular formula is C18H23ClN4O3S3. The fourth-order valence-corrected chi connectivity index (χ4v) is 6.42. The number of carbonyl (C=O) groups is 1. The molecular weight excluding hydrogens is 452 g/mol. The lowest BCUT2D eigenvalue weighted by molar-refractivity contribution is -0.120. The Bertz CT molecular complexity index is 934. The molecule has 0 spiro atoms. The van der Waals surface area contributed by atoms with E-state index in [1.165, 1.54) is 15.6 Å². The number of benzene rings is 1. The van der Waals surface area contributed by atoms with Crippen molar-refractivity contribution in [2.75, 3.05) is 24.2 Å². The lowest BCUT2D eigenvalue weighted by Crippen LogP contribution is -2.44. The molecule has 1 aliphatic rings. The number of anilines is 1. The van der Waals surface area contributed by atoms with E-state index >= 15 is 0 Å². The largest absolute Gasteiger partial charge is 0.300 e. The maximum Gasteiger partial charge on any atom is 0.230 e. The van der Waals surface area contributed by atoms with E-state index in [-0.39, 0.29) is 18.2 Å². The highest BCUT2D eigenvalue weighted by Crippen LogP contribution is 2.27. The summed E-state index contributed by atoms with van der Waals surface area (Å²) in [5.41, 5.74) is 0.673. The van der Waals surface area contributed by atoms with Crippen LogP contribution in [0, 0.1) is 5.92 Å². The first-order valence-corrected chi connectivity index (χ1v) is 13.2. The fraction of sp³-hybridized carbons (Fsp3) is 0.500. The Hall–Kier alpha value is -1.20. The van der Waals surface area contributed by atoms with Gasteiger partial charge in [0.2, 0.25) is 21.1 Å². The van der Waals surface area contributed by atoms with Crippen LogP contribution in [0.3, 0.4) is 0 Å². The minimum atomic E-state index is -3.51. The Kier molecular flexibility index (Phi) is 7.92. The van der Waals surface area contributed by atoms with Crippen molar-refractivity contribution in [1.82, 2.24) is 14.5 Å². The molecule has 1 atom stereocenters. The topological polar surface area (TPSA) is 92.3 Å². The van der Waals surface area contributed by atoms with Gasteiger partial charge in [-0.1, -0.05) is 53.8 Å². The second-order valence-corrected chi connectivity index (χ2v) is 11.5. The summed E-state index contributed by atoms with van der Waals surface area (Å²) < 4.78 is 27.8. The van der Waals surface area contributed by atoms with Crippen LogP contribution in [-0.4, -0.2) is 47.7 Å². The predicted octanol–water partition coefficient (Wildman–Crippen LogP) is 3.87. The van der Waals surface area contributed by atoms with E-state index in [1.807, 2.05) is 0 Å². The van der Waals surface area contributed by atoms with Gasteiger partial charge in [-0.3, -0.25) is 4.79 Å². The second-order valence-electron chi connectivity index (χ2n) is 6.79. The van der Waals surface area contributed by atoms with Crippen LogP contribution in [0.4, 0.5) is 5.13 Å². The Labute approximate surface area is 184 Å². The zero-order chi connectivity index (χ0) is 20.9. The number of aromatic nitrogens is 2. The summed E-state index contributed by atoms with van der Waals surface area (Å²) in [7, 11) is -3.51. The van der Waals surface area contributed by atoms with Crippen LogP contribution in [-0.2, 0) is 20.6 Å². The van der Waals surface area contributed by atoms with Crippen LogP contribution in [0.1, 0.15) is 31.7 Å². The Morgan fingerprint density at radius 3 is 2.83 bits per heavy atom. The molecule has 1 saturated heterocycles. The molecule has 1 aromatic carbocycles. The second kappa shape index (κ2) is 10.2. The number of nitrogens with one attached hydrogen (secondary N) is 1. The molecule has 0 radical (unpaired) electrons. The summed E-state index contributed by atoms with van der Waals surface area (Å²) in [6.07, 6.45) is 2.33. The number of rotatable bonds is 8. The number of carbonyl (C=O) groups excluding carboxylic acids is 1. The molecule has 0 saturated carbocycles. The normalized spacial score (nSPS) is 17.9. The number of hydrogen-bond acceptors (Lipinski definition) is 7. The third-order valence-electron chi connectivity index (χ3n) is 4.48. The van der Waals surface area contributed by atoms with Crippen LogP contribution in [0.2, 0.25) is 5.02 Å². The summed E-state index contributed by atoms with van der Waals surface area (Å²) in [6, 6.07) is 6.76. The third kappa shape index (κ3) is 6.39. The fourth-order valence-electron chi connectivity index (χ4n) is 3.01. The van der Waals surface area contributed by atoms with Crippen molar-refractivity contribution in [2.24, 2.45) is 5.92 Å². The highest BCUT2D eigenvalue weighted by Gasteiger charge is 2.32. The molecule has 7 nitrogen and oxygen atoms in total. The molecule has 2 aromatic rings. The molecule has 3 rings (SSSR count). The average Bonchev–Trinajstić information content (AvgIpc) is 3.15. The molecule has 0 bridgehead atoms. The quantitative estimate of drug-likeness (QED) is 0.461. The van der Waals surface area contributed by atoms with Crippen molar-refractivity contribution in [3.05, 3.63) is 34.9 Å². The number of hydrogen-bond donors (Lipinski definition) is 1. The van der Waals surface area contributed by atoms with E-state index in [9.17, 15) is 13.2 Å². The standard InChI is InChI=1S/C18H23ClN4O3S3/c1-2-10-27-18-22-21-17(28-18)20-16(24)14-4-3-9-23(11-14)29(25,26)12-13-5-7-15(19)8-6-13/h5-8,14H,2-4,9-12H2,1H3,(H,20,21,24). The van der Waals surface area contributed by atoms with E-state index in [0.29, 0.717) is 35.1 Å². The smallest absolute Gasteiger partial charge is 0.230 e. The first-order chi connectivity index (χ1) is 13.9. The molecule has 1 aliphatic heterocycles. The van der Waals surface area contributed by atoms with E-state index in [4.69, 9.17) is 11.6 Å². The monoisotopic (exact) mass is 474 g/mol. The molecule has 1 N–H and O–H groups in total. The highest BCUT2D eigenvalue weighted by atomic mass is 35.5. The van der Waals surface area contributed by atoms with Gasteiger partial charge in [-0.05, 0) is 37.0 Å². The summed E-state index contributed by atoms with van der Waals surface area (Å²) in [6.45, 7) is 2.70. The summed E-state index contributed by atoms with van der Waals surface area (Å²) in [5.74, 6) is 0.234.